The van der Waals surface area contributed by atoms with Crippen LogP contribution in [0.15, 0.2) is 41.7 Å². The lowest BCUT2D eigenvalue weighted by Gasteiger charge is -2.30. The smallest absolute Gasteiger partial charge is 0.198 e. The van der Waals surface area contributed by atoms with Crippen molar-refractivity contribution >= 4 is 35.6 Å². The van der Waals surface area contributed by atoms with Gasteiger partial charge in [-0.1, -0.05) is 25.1 Å². The van der Waals surface area contributed by atoms with Crippen LogP contribution in [0.2, 0.25) is 0 Å². The summed E-state index contributed by atoms with van der Waals surface area (Å²) in [6.07, 6.45) is 6.47. The number of nitrogens with zero attached hydrogens (tertiary/aromatic N) is 5. The summed E-state index contributed by atoms with van der Waals surface area (Å²) in [5.41, 5.74) is 1.08. The summed E-state index contributed by atoms with van der Waals surface area (Å²) in [6, 6.07) is 10.3. The van der Waals surface area contributed by atoms with Crippen LogP contribution < -0.4 is 5.32 Å². The zero-order chi connectivity index (χ0) is 16.6. The molecule has 2 heterocycles. The van der Waals surface area contributed by atoms with Crippen molar-refractivity contribution in [3.63, 3.8) is 0 Å². The number of guanidine groups is 1. The van der Waals surface area contributed by atoms with Gasteiger partial charge in [0.05, 0.1) is 6.54 Å². The molecule has 25 heavy (non-hydrogen) atoms. The maximum Gasteiger partial charge on any atom is 0.198 e. The summed E-state index contributed by atoms with van der Waals surface area (Å²) in [5.74, 6) is 1.99. The van der Waals surface area contributed by atoms with Crippen molar-refractivity contribution in [3.8, 4) is 0 Å². The van der Waals surface area contributed by atoms with Crippen molar-refractivity contribution in [2.75, 3.05) is 25.0 Å². The largest absolute Gasteiger partial charge is 0.343 e. The van der Waals surface area contributed by atoms with Crippen LogP contribution in [0.25, 0.3) is 0 Å². The lowest BCUT2D eigenvalue weighted by atomic mass is 10.1. The highest BCUT2D eigenvalue weighted by atomic mass is 127. The topological polar surface area (TPSA) is 58.3 Å². The van der Waals surface area contributed by atoms with E-state index in [1.807, 2.05) is 18.2 Å². The Labute approximate surface area is 166 Å². The van der Waals surface area contributed by atoms with Gasteiger partial charge in [-0.15, -0.1) is 34.2 Å². The van der Waals surface area contributed by atoms with E-state index in [2.05, 4.69) is 44.0 Å². The predicted molar refractivity (Wildman–Crippen MR) is 113 cm³/mol. The number of likely N-dealkylation sites (tertiary alicyclic amines) is 1. The van der Waals surface area contributed by atoms with Crippen LogP contribution in [0.5, 0.6) is 0 Å². The minimum Gasteiger partial charge on any atom is -0.343 e. The summed E-state index contributed by atoms with van der Waals surface area (Å²) >= 11 is 0. The van der Waals surface area contributed by atoms with E-state index in [0.717, 1.165) is 50.1 Å². The fourth-order valence-corrected chi connectivity index (χ4v) is 2.98. The number of nitrogens with one attached hydrogen (secondary N) is 1. The third-order valence-corrected chi connectivity index (χ3v) is 4.30. The number of para-hydroxylation sites is 1. The molecule has 0 saturated carbocycles. The maximum atomic E-state index is 4.85. The number of halogens is 1. The van der Waals surface area contributed by atoms with Crippen molar-refractivity contribution < 1.29 is 0 Å². The number of anilines is 1. The van der Waals surface area contributed by atoms with E-state index < -0.39 is 0 Å². The Morgan fingerprint density at radius 1 is 1.16 bits per heavy atom. The molecule has 1 N–H and O–H groups in total. The van der Waals surface area contributed by atoms with Gasteiger partial charge >= 0.3 is 0 Å². The average Bonchev–Trinajstić information content (AvgIpc) is 3.10. The Kier molecular flexibility index (Phi) is 8.17. The SMILES string of the molecule is CCc1nncn1CCN=C(Nc1ccccc1)N1CCCCC1.I. The molecule has 7 heteroatoms. The van der Waals surface area contributed by atoms with E-state index in [9.17, 15) is 0 Å². The summed E-state index contributed by atoms with van der Waals surface area (Å²) < 4.78 is 2.08. The van der Waals surface area contributed by atoms with Crippen molar-refractivity contribution in [2.24, 2.45) is 4.99 Å². The van der Waals surface area contributed by atoms with E-state index in [0.29, 0.717) is 0 Å². The highest BCUT2D eigenvalue weighted by molar-refractivity contribution is 14.0. The van der Waals surface area contributed by atoms with Crippen LogP contribution >= 0.6 is 24.0 Å². The number of piperidine rings is 1. The van der Waals surface area contributed by atoms with Gasteiger partial charge in [0.15, 0.2) is 5.96 Å². The van der Waals surface area contributed by atoms with Gasteiger partial charge in [-0.3, -0.25) is 4.99 Å². The molecule has 6 nitrogen and oxygen atoms in total. The van der Waals surface area contributed by atoms with Crippen LogP contribution in [-0.4, -0.2) is 45.3 Å². The maximum absolute atomic E-state index is 4.85. The molecule has 0 spiro atoms. The number of hydrogen-bond acceptors (Lipinski definition) is 3. The molecule has 1 aromatic carbocycles. The highest BCUT2D eigenvalue weighted by Crippen LogP contribution is 2.12. The Morgan fingerprint density at radius 3 is 2.64 bits per heavy atom. The van der Waals surface area contributed by atoms with E-state index in [1.54, 1.807) is 6.33 Å². The van der Waals surface area contributed by atoms with Gasteiger partial charge < -0.3 is 14.8 Å². The third-order valence-electron chi connectivity index (χ3n) is 4.30. The molecule has 1 aromatic heterocycles. The van der Waals surface area contributed by atoms with Crippen LogP contribution in [0.1, 0.15) is 32.0 Å². The first-order valence-corrected chi connectivity index (χ1v) is 8.85. The Balaban J connectivity index is 0.00000225. The number of rotatable bonds is 5. The molecule has 0 bridgehead atoms. The van der Waals surface area contributed by atoms with E-state index in [1.165, 1.54) is 19.3 Å². The van der Waals surface area contributed by atoms with Crippen molar-refractivity contribution in [3.05, 3.63) is 42.5 Å². The number of aromatic nitrogens is 3. The molecule has 2 aromatic rings. The molecule has 1 saturated heterocycles. The monoisotopic (exact) mass is 454 g/mol. The van der Waals surface area contributed by atoms with Gasteiger partial charge in [-0.25, -0.2) is 0 Å². The first kappa shape index (κ1) is 19.7. The standard InChI is InChI=1S/C18H26N6.HI/c1-2-17-22-20-15-24(17)14-11-19-18(23-12-7-4-8-13-23)21-16-9-5-3-6-10-16;/h3,5-6,9-10,15H,2,4,7-8,11-14H2,1H3,(H,19,21);1H. The zero-order valence-electron chi connectivity index (χ0n) is 14.8. The van der Waals surface area contributed by atoms with Gasteiger partial charge in [0.2, 0.25) is 0 Å². The summed E-state index contributed by atoms with van der Waals surface area (Å²) in [7, 11) is 0. The first-order valence-electron chi connectivity index (χ1n) is 8.85. The second-order valence-electron chi connectivity index (χ2n) is 6.04. The van der Waals surface area contributed by atoms with Crippen LogP contribution in [0, 0.1) is 0 Å². The molecule has 1 fully saturated rings. The van der Waals surface area contributed by atoms with Gasteiger partial charge in [0.25, 0.3) is 0 Å². The Hall–Kier alpha value is -1.64. The van der Waals surface area contributed by atoms with Crippen molar-refractivity contribution in [1.82, 2.24) is 19.7 Å². The molecule has 0 unspecified atom stereocenters. The molecule has 0 aliphatic carbocycles. The molecule has 136 valence electrons. The summed E-state index contributed by atoms with van der Waals surface area (Å²) in [6.45, 7) is 5.78. The molecule has 0 atom stereocenters. The van der Waals surface area contributed by atoms with Crippen molar-refractivity contribution in [1.29, 1.82) is 0 Å². The number of benzene rings is 1. The highest BCUT2D eigenvalue weighted by Gasteiger charge is 2.15. The van der Waals surface area contributed by atoms with Crippen LogP contribution in [0.4, 0.5) is 5.69 Å². The fraction of sp³-hybridized carbons (Fsp3) is 0.500. The Bertz CT molecular complexity index is 649. The fourth-order valence-electron chi connectivity index (χ4n) is 2.98. The van der Waals surface area contributed by atoms with E-state index in [-0.39, 0.29) is 24.0 Å². The Morgan fingerprint density at radius 2 is 1.92 bits per heavy atom. The molecule has 0 radical (unpaired) electrons. The molecular weight excluding hydrogens is 427 g/mol. The van der Waals surface area contributed by atoms with Gasteiger partial charge in [0, 0.05) is 31.7 Å². The molecular formula is C18H27IN6. The van der Waals surface area contributed by atoms with E-state index in [4.69, 9.17) is 4.99 Å². The van der Waals surface area contributed by atoms with E-state index >= 15 is 0 Å². The molecule has 3 rings (SSSR count). The lowest BCUT2D eigenvalue weighted by Crippen LogP contribution is -2.40. The van der Waals surface area contributed by atoms with Crippen molar-refractivity contribution in [2.45, 2.75) is 39.2 Å². The second kappa shape index (κ2) is 10.4. The van der Waals surface area contributed by atoms with Gasteiger partial charge in [0.1, 0.15) is 12.2 Å². The molecule has 0 amide bonds. The summed E-state index contributed by atoms with van der Waals surface area (Å²) in [5, 5.41) is 11.6. The molecule has 1 aliphatic rings. The quantitative estimate of drug-likeness (QED) is 0.428. The second-order valence-corrected chi connectivity index (χ2v) is 6.04. The zero-order valence-corrected chi connectivity index (χ0v) is 17.1. The average molecular weight is 454 g/mol. The number of aliphatic imine (C=N–C) groups is 1. The van der Waals surface area contributed by atoms with Gasteiger partial charge in [-0.05, 0) is 31.4 Å². The number of hydrogen-bond donors (Lipinski definition) is 1. The minimum absolute atomic E-state index is 0. The van der Waals surface area contributed by atoms with Crippen LogP contribution in [-0.2, 0) is 13.0 Å². The minimum atomic E-state index is 0. The molecule has 1 aliphatic heterocycles. The first-order chi connectivity index (χ1) is 11.9. The summed E-state index contributed by atoms with van der Waals surface area (Å²) in [4.78, 5) is 7.21. The van der Waals surface area contributed by atoms with Crippen LogP contribution in [0.3, 0.4) is 0 Å². The normalized spacial score (nSPS) is 14.9. The third kappa shape index (κ3) is 5.69. The number of aryl methyl sites for hydroxylation is 1. The lowest BCUT2D eigenvalue weighted by molar-refractivity contribution is 0.340. The van der Waals surface area contributed by atoms with Gasteiger partial charge in [-0.2, -0.15) is 0 Å². The predicted octanol–water partition coefficient (Wildman–Crippen LogP) is 3.41.